The molecule has 1 aromatic rings. The van der Waals surface area contributed by atoms with Crippen molar-refractivity contribution in [3.05, 3.63) is 29.8 Å². The van der Waals surface area contributed by atoms with E-state index in [1.54, 1.807) is 24.3 Å². The molecule has 2 rings (SSSR count). The van der Waals surface area contributed by atoms with E-state index in [1.807, 2.05) is 0 Å². The monoisotopic (exact) mass is 278 g/mol. The number of fused-ring (bicyclic) bond motifs is 1. The van der Waals surface area contributed by atoms with E-state index in [4.69, 9.17) is 10.2 Å². The number of amides is 1. The van der Waals surface area contributed by atoms with Gasteiger partial charge in [-0.05, 0) is 11.6 Å². The summed E-state index contributed by atoms with van der Waals surface area (Å²) >= 11 is 0. The van der Waals surface area contributed by atoms with Crippen LogP contribution in [0.25, 0.3) is 0 Å². The molecule has 0 fully saturated rings. The molecule has 0 saturated heterocycles. The Bertz CT molecular complexity index is 558. The SMILES string of the molecule is CN1Cc2ccccc2NC(C(C(=O)O)C(=O)O)C1=O. The highest BCUT2D eigenvalue weighted by Gasteiger charge is 2.42. The van der Waals surface area contributed by atoms with Crippen molar-refractivity contribution in [2.24, 2.45) is 5.92 Å². The van der Waals surface area contributed by atoms with Gasteiger partial charge in [-0.25, -0.2) is 0 Å². The molecule has 0 saturated carbocycles. The smallest absolute Gasteiger partial charge is 0.320 e. The molecule has 0 radical (unpaired) electrons. The van der Waals surface area contributed by atoms with E-state index in [0.29, 0.717) is 12.2 Å². The number of para-hydroxylation sites is 1. The fourth-order valence-corrected chi connectivity index (χ4v) is 2.22. The van der Waals surface area contributed by atoms with Crippen LogP contribution in [0.4, 0.5) is 5.69 Å². The van der Waals surface area contributed by atoms with Crippen LogP contribution in [0.3, 0.4) is 0 Å². The van der Waals surface area contributed by atoms with Crippen LogP contribution in [0.1, 0.15) is 5.56 Å². The minimum atomic E-state index is -1.84. The quantitative estimate of drug-likeness (QED) is 0.683. The first-order valence-corrected chi connectivity index (χ1v) is 5.97. The summed E-state index contributed by atoms with van der Waals surface area (Å²) in [5.74, 6) is -5.49. The minimum Gasteiger partial charge on any atom is -0.481 e. The lowest BCUT2D eigenvalue weighted by atomic mass is 9.98. The summed E-state index contributed by atoms with van der Waals surface area (Å²) in [6, 6.07) is 5.68. The van der Waals surface area contributed by atoms with Crippen molar-refractivity contribution < 1.29 is 24.6 Å². The van der Waals surface area contributed by atoms with Crippen molar-refractivity contribution >= 4 is 23.5 Å². The number of aliphatic carboxylic acids is 2. The van der Waals surface area contributed by atoms with Crippen LogP contribution < -0.4 is 5.32 Å². The molecule has 1 aliphatic heterocycles. The first kappa shape index (κ1) is 13.9. The van der Waals surface area contributed by atoms with Gasteiger partial charge in [-0.3, -0.25) is 14.4 Å². The number of hydrogen-bond donors (Lipinski definition) is 3. The number of anilines is 1. The zero-order valence-electron chi connectivity index (χ0n) is 10.7. The highest BCUT2D eigenvalue weighted by molar-refractivity contribution is 6.02. The Hall–Kier alpha value is -2.57. The Kier molecular flexibility index (Phi) is 3.60. The lowest BCUT2D eigenvalue weighted by Crippen LogP contribution is -2.49. The number of carbonyl (C=O) groups is 3. The lowest BCUT2D eigenvalue weighted by Gasteiger charge is -2.23. The predicted molar refractivity (Wildman–Crippen MR) is 69.1 cm³/mol. The molecule has 1 aromatic carbocycles. The van der Waals surface area contributed by atoms with Crippen LogP contribution in [0.5, 0.6) is 0 Å². The van der Waals surface area contributed by atoms with E-state index in [-0.39, 0.29) is 0 Å². The summed E-state index contributed by atoms with van der Waals surface area (Å²) in [7, 11) is 1.51. The van der Waals surface area contributed by atoms with Gasteiger partial charge in [0.1, 0.15) is 6.04 Å². The van der Waals surface area contributed by atoms with Crippen LogP contribution in [0.15, 0.2) is 24.3 Å². The summed E-state index contributed by atoms with van der Waals surface area (Å²) in [4.78, 5) is 35.8. The average Bonchev–Trinajstić information content (AvgIpc) is 2.48. The van der Waals surface area contributed by atoms with E-state index in [2.05, 4.69) is 5.32 Å². The second-order valence-electron chi connectivity index (χ2n) is 4.63. The summed E-state index contributed by atoms with van der Waals surface area (Å²) in [5.41, 5.74) is 1.38. The number of likely N-dealkylation sites (N-methyl/N-ethyl adjacent to an activating group) is 1. The minimum absolute atomic E-state index is 0.296. The fraction of sp³-hybridized carbons (Fsp3) is 0.308. The maximum absolute atomic E-state index is 12.2. The Morgan fingerprint density at radius 2 is 1.90 bits per heavy atom. The van der Waals surface area contributed by atoms with E-state index >= 15 is 0 Å². The van der Waals surface area contributed by atoms with Crippen molar-refractivity contribution in [2.75, 3.05) is 12.4 Å². The first-order valence-electron chi connectivity index (χ1n) is 5.97. The van der Waals surface area contributed by atoms with E-state index in [1.165, 1.54) is 11.9 Å². The molecule has 106 valence electrons. The number of hydrogen-bond acceptors (Lipinski definition) is 4. The molecule has 1 unspecified atom stereocenters. The third-order valence-electron chi connectivity index (χ3n) is 3.24. The van der Waals surface area contributed by atoms with Gasteiger partial charge in [-0.2, -0.15) is 0 Å². The van der Waals surface area contributed by atoms with Gasteiger partial charge in [0.15, 0.2) is 5.92 Å². The Labute approximate surface area is 114 Å². The van der Waals surface area contributed by atoms with Crippen LogP contribution in [-0.2, 0) is 20.9 Å². The third-order valence-corrected chi connectivity index (χ3v) is 3.24. The first-order chi connectivity index (χ1) is 9.41. The maximum Gasteiger partial charge on any atom is 0.320 e. The van der Waals surface area contributed by atoms with E-state index < -0.39 is 29.8 Å². The van der Waals surface area contributed by atoms with Gasteiger partial charge in [0.25, 0.3) is 0 Å². The van der Waals surface area contributed by atoms with E-state index in [9.17, 15) is 14.4 Å². The van der Waals surface area contributed by atoms with Crippen molar-refractivity contribution in [2.45, 2.75) is 12.6 Å². The number of rotatable bonds is 3. The topological polar surface area (TPSA) is 107 Å². The van der Waals surface area contributed by atoms with Crippen molar-refractivity contribution in [1.82, 2.24) is 4.90 Å². The Morgan fingerprint density at radius 1 is 1.30 bits per heavy atom. The maximum atomic E-state index is 12.2. The molecule has 1 heterocycles. The van der Waals surface area contributed by atoms with Crippen LogP contribution >= 0.6 is 0 Å². The second kappa shape index (κ2) is 5.20. The predicted octanol–water partition coefficient (Wildman–Crippen LogP) is 0.224. The molecule has 1 atom stereocenters. The van der Waals surface area contributed by atoms with Gasteiger partial charge in [0, 0.05) is 19.3 Å². The third kappa shape index (κ3) is 2.42. The molecule has 1 amide bonds. The summed E-state index contributed by atoms with van der Waals surface area (Å²) in [5, 5.41) is 20.8. The molecule has 3 N–H and O–H groups in total. The number of nitrogens with zero attached hydrogens (tertiary/aromatic N) is 1. The summed E-state index contributed by atoms with van der Waals surface area (Å²) in [6.07, 6.45) is 0. The highest BCUT2D eigenvalue weighted by atomic mass is 16.4. The van der Waals surface area contributed by atoms with Gasteiger partial charge >= 0.3 is 11.9 Å². The molecule has 1 aliphatic rings. The standard InChI is InChI=1S/C13H14N2O5/c1-15-6-7-4-2-3-5-8(7)14-10(11(15)16)9(12(17)18)13(19)20/h2-5,9-10,14H,6H2,1H3,(H,17,18)(H,19,20). The molecular weight excluding hydrogens is 264 g/mol. The van der Waals surface area contributed by atoms with E-state index in [0.717, 1.165) is 5.56 Å². The number of carbonyl (C=O) groups excluding carboxylic acids is 1. The number of carboxylic acid groups (broad SMARTS) is 2. The Balaban J connectivity index is 2.44. The normalized spacial score (nSPS) is 18.2. The average molecular weight is 278 g/mol. The van der Waals surface area contributed by atoms with Gasteiger partial charge in [-0.15, -0.1) is 0 Å². The Morgan fingerprint density at radius 3 is 2.50 bits per heavy atom. The fourth-order valence-electron chi connectivity index (χ4n) is 2.22. The highest BCUT2D eigenvalue weighted by Crippen LogP contribution is 2.25. The van der Waals surface area contributed by atoms with Crippen molar-refractivity contribution in [3.8, 4) is 0 Å². The lowest BCUT2D eigenvalue weighted by molar-refractivity contribution is -0.158. The number of nitrogens with one attached hydrogen (secondary N) is 1. The van der Waals surface area contributed by atoms with Crippen LogP contribution in [0.2, 0.25) is 0 Å². The molecule has 7 nitrogen and oxygen atoms in total. The molecule has 0 aromatic heterocycles. The second-order valence-corrected chi connectivity index (χ2v) is 4.63. The van der Waals surface area contributed by atoms with Gasteiger partial charge in [0.05, 0.1) is 0 Å². The summed E-state index contributed by atoms with van der Waals surface area (Å²) < 4.78 is 0. The summed E-state index contributed by atoms with van der Waals surface area (Å²) in [6.45, 7) is 0.296. The number of carboxylic acids is 2. The largest absolute Gasteiger partial charge is 0.481 e. The number of benzene rings is 1. The van der Waals surface area contributed by atoms with Gasteiger partial charge in [0.2, 0.25) is 5.91 Å². The molecule has 20 heavy (non-hydrogen) atoms. The molecule has 0 bridgehead atoms. The molecule has 0 spiro atoms. The van der Waals surface area contributed by atoms with Gasteiger partial charge in [-0.1, -0.05) is 18.2 Å². The molecule has 7 heteroatoms. The zero-order chi connectivity index (χ0) is 14.9. The van der Waals surface area contributed by atoms with Crippen molar-refractivity contribution in [1.29, 1.82) is 0 Å². The molecular formula is C13H14N2O5. The molecule has 0 aliphatic carbocycles. The van der Waals surface area contributed by atoms with Gasteiger partial charge < -0.3 is 20.4 Å². The van der Waals surface area contributed by atoms with Crippen molar-refractivity contribution in [3.63, 3.8) is 0 Å². The van der Waals surface area contributed by atoms with Crippen LogP contribution in [0, 0.1) is 5.92 Å². The zero-order valence-corrected chi connectivity index (χ0v) is 10.7. The van der Waals surface area contributed by atoms with Crippen LogP contribution in [-0.4, -0.2) is 46.0 Å².